The molecule has 1 aromatic rings. The SMILES string of the molecule is O=C([C@@H]1CCC(=O)N1Cc1ccc(F)cc1)N1CCC2(CC1)OCCO2. The molecule has 3 heterocycles. The lowest BCUT2D eigenvalue weighted by atomic mass is 10.0. The summed E-state index contributed by atoms with van der Waals surface area (Å²) in [6, 6.07) is 5.62. The van der Waals surface area contributed by atoms with Gasteiger partial charge in [0.1, 0.15) is 11.9 Å². The number of carbonyl (C=O) groups excluding carboxylic acids is 2. The van der Waals surface area contributed by atoms with E-state index in [-0.39, 0.29) is 17.6 Å². The van der Waals surface area contributed by atoms with Crippen molar-refractivity contribution in [2.24, 2.45) is 0 Å². The van der Waals surface area contributed by atoms with E-state index in [9.17, 15) is 14.0 Å². The zero-order valence-electron chi connectivity index (χ0n) is 14.7. The minimum atomic E-state index is -0.518. The maximum atomic E-state index is 13.1. The first-order valence-electron chi connectivity index (χ1n) is 9.17. The standard InChI is InChI=1S/C19H23FN2O4/c20-15-3-1-14(2-4-15)13-22-16(5-6-17(22)23)18(24)21-9-7-19(8-10-21)25-11-12-26-19/h1-4,16H,5-13H2/t16-/m0/s1. The molecule has 1 aromatic carbocycles. The molecule has 0 saturated carbocycles. The number of piperidine rings is 1. The predicted molar refractivity (Wildman–Crippen MR) is 90.4 cm³/mol. The molecule has 0 unspecified atom stereocenters. The molecule has 0 N–H and O–H groups in total. The lowest BCUT2D eigenvalue weighted by molar-refractivity contribution is -0.188. The van der Waals surface area contributed by atoms with Gasteiger partial charge in [-0.15, -0.1) is 0 Å². The maximum Gasteiger partial charge on any atom is 0.245 e. The van der Waals surface area contributed by atoms with Gasteiger partial charge in [-0.3, -0.25) is 9.59 Å². The van der Waals surface area contributed by atoms with Crippen LogP contribution in [0.5, 0.6) is 0 Å². The van der Waals surface area contributed by atoms with Gasteiger partial charge in [-0.2, -0.15) is 0 Å². The highest BCUT2D eigenvalue weighted by Crippen LogP contribution is 2.32. The van der Waals surface area contributed by atoms with Crippen molar-refractivity contribution in [3.8, 4) is 0 Å². The summed E-state index contributed by atoms with van der Waals surface area (Å²) in [5.41, 5.74) is 0.824. The molecule has 4 rings (SSSR count). The molecule has 3 saturated heterocycles. The second-order valence-electron chi connectivity index (χ2n) is 7.14. The van der Waals surface area contributed by atoms with E-state index in [1.165, 1.54) is 12.1 Å². The summed E-state index contributed by atoms with van der Waals surface area (Å²) < 4.78 is 24.5. The van der Waals surface area contributed by atoms with Gasteiger partial charge in [0.25, 0.3) is 0 Å². The number of hydrogen-bond donors (Lipinski definition) is 0. The first-order valence-corrected chi connectivity index (χ1v) is 9.17. The molecular weight excluding hydrogens is 339 g/mol. The van der Waals surface area contributed by atoms with Crippen molar-refractivity contribution < 1.29 is 23.5 Å². The van der Waals surface area contributed by atoms with E-state index in [1.54, 1.807) is 17.0 Å². The van der Waals surface area contributed by atoms with Gasteiger partial charge in [-0.05, 0) is 24.1 Å². The van der Waals surface area contributed by atoms with Gasteiger partial charge in [-0.1, -0.05) is 12.1 Å². The minimum absolute atomic E-state index is 0.00851. The molecule has 0 aliphatic carbocycles. The normalized spacial score (nSPS) is 25.3. The number of carbonyl (C=O) groups is 2. The third-order valence-corrected chi connectivity index (χ3v) is 5.53. The Labute approximate surface area is 151 Å². The van der Waals surface area contributed by atoms with E-state index in [0.717, 1.165) is 5.56 Å². The van der Waals surface area contributed by atoms with Crippen molar-refractivity contribution in [1.82, 2.24) is 9.80 Å². The Balaban J connectivity index is 1.41. The van der Waals surface area contributed by atoms with Gasteiger partial charge in [0.15, 0.2) is 5.79 Å². The molecule has 7 heteroatoms. The monoisotopic (exact) mass is 362 g/mol. The molecular formula is C19H23FN2O4. The molecule has 26 heavy (non-hydrogen) atoms. The Morgan fingerprint density at radius 1 is 1.15 bits per heavy atom. The van der Waals surface area contributed by atoms with Crippen molar-refractivity contribution in [3.05, 3.63) is 35.6 Å². The Bertz CT molecular complexity index is 677. The van der Waals surface area contributed by atoms with E-state index >= 15 is 0 Å². The molecule has 0 bridgehead atoms. The number of likely N-dealkylation sites (tertiary alicyclic amines) is 2. The van der Waals surface area contributed by atoms with Crippen LogP contribution in [-0.2, 0) is 25.6 Å². The third kappa shape index (κ3) is 3.33. The van der Waals surface area contributed by atoms with E-state index in [4.69, 9.17) is 9.47 Å². The second-order valence-corrected chi connectivity index (χ2v) is 7.14. The molecule has 140 valence electrons. The van der Waals surface area contributed by atoms with Crippen LogP contribution in [0.2, 0.25) is 0 Å². The topological polar surface area (TPSA) is 59.1 Å². The van der Waals surface area contributed by atoms with Crippen LogP contribution in [0.3, 0.4) is 0 Å². The van der Waals surface area contributed by atoms with Gasteiger partial charge in [0.2, 0.25) is 11.8 Å². The highest BCUT2D eigenvalue weighted by molar-refractivity contribution is 5.91. The van der Waals surface area contributed by atoms with Crippen molar-refractivity contribution in [2.75, 3.05) is 26.3 Å². The fraction of sp³-hybridized carbons (Fsp3) is 0.579. The zero-order valence-corrected chi connectivity index (χ0v) is 14.7. The molecule has 3 aliphatic heterocycles. The van der Waals surface area contributed by atoms with E-state index < -0.39 is 11.8 Å². The van der Waals surface area contributed by atoms with Gasteiger partial charge in [0.05, 0.1) is 13.2 Å². The quantitative estimate of drug-likeness (QED) is 0.821. The Morgan fingerprint density at radius 2 is 1.81 bits per heavy atom. The van der Waals surface area contributed by atoms with Crippen molar-refractivity contribution in [3.63, 3.8) is 0 Å². The largest absolute Gasteiger partial charge is 0.347 e. The summed E-state index contributed by atoms with van der Waals surface area (Å²) in [5.74, 6) is -0.863. The summed E-state index contributed by atoms with van der Waals surface area (Å²) in [4.78, 5) is 28.7. The highest BCUT2D eigenvalue weighted by atomic mass is 19.1. The minimum Gasteiger partial charge on any atom is -0.347 e. The van der Waals surface area contributed by atoms with E-state index in [0.29, 0.717) is 58.5 Å². The number of benzene rings is 1. The molecule has 6 nitrogen and oxygen atoms in total. The van der Waals surface area contributed by atoms with Gasteiger partial charge in [0, 0.05) is 38.9 Å². The second kappa shape index (κ2) is 6.96. The highest BCUT2D eigenvalue weighted by Gasteiger charge is 2.44. The number of ether oxygens (including phenoxy) is 2. The summed E-state index contributed by atoms with van der Waals surface area (Å²) in [5, 5.41) is 0. The Hall–Kier alpha value is -1.99. The van der Waals surface area contributed by atoms with Crippen LogP contribution < -0.4 is 0 Å². The smallest absolute Gasteiger partial charge is 0.245 e. The van der Waals surface area contributed by atoms with Crippen LogP contribution in [-0.4, -0.2) is 59.7 Å². The number of halogens is 1. The number of rotatable bonds is 3. The third-order valence-electron chi connectivity index (χ3n) is 5.53. The first-order chi connectivity index (χ1) is 12.6. The van der Waals surface area contributed by atoms with E-state index in [1.807, 2.05) is 4.90 Å². The van der Waals surface area contributed by atoms with Gasteiger partial charge in [-0.25, -0.2) is 4.39 Å². The summed E-state index contributed by atoms with van der Waals surface area (Å²) >= 11 is 0. The molecule has 1 atom stereocenters. The van der Waals surface area contributed by atoms with Crippen LogP contribution in [0.4, 0.5) is 4.39 Å². The van der Waals surface area contributed by atoms with Crippen molar-refractivity contribution >= 4 is 11.8 Å². The lowest BCUT2D eigenvalue weighted by Crippen LogP contribution is -2.52. The maximum absolute atomic E-state index is 13.1. The zero-order chi connectivity index (χ0) is 18.1. The molecule has 0 radical (unpaired) electrons. The fourth-order valence-electron chi connectivity index (χ4n) is 4.04. The molecule has 1 spiro atoms. The number of amides is 2. The lowest BCUT2D eigenvalue weighted by Gasteiger charge is -2.39. The van der Waals surface area contributed by atoms with E-state index in [2.05, 4.69) is 0 Å². The average Bonchev–Trinajstić information content (AvgIpc) is 3.25. The molecule has 0 aromatic heterocycles. The van der Waals surface area contributed by atoms with Crippen LogP contribution in [0.15, 0.2) is 24.3 Å². The summed E-state index contributed by atoms with van der Waals surface area (Å²) in [6.45, 7) is 2.70. The first kappa shape index (κ1) is 17.4. The Kier molecular flexibility index (Phi) is 4.67. The van der Waals surface area contributed by atoms with Crippen molar-refractivity contribution in [2.45, 2.75) is 44.1 Å². The van der Waals surface area contributed by atoms with Crippen molar-refractivity contribution in [1.29, 1.82) is 0 Å². The molecule has 3 fully saturated rings. The number of hydrogen-bond acceptors (Lipinski definition) is 4. The summed E-state index contributed by atoms with van der Waals surface area (Å²) in [6.07, 6.45) is 2.24. The number of nitrogens with zero attached hydrogens (tertiary/aromatic N) is 2. The van der Waals surface area contributed by atoms with Crippen LogP contribution in [0.25, 0.3) is 0 Å². The molecule has 2 amide bonds. The van der Waals surface area contributed by atoms with Crippen LogP contribution >= 0.6 is 0 Å². The Morgan fingerprint density at radius 3 is 2.46 bits per heavy atom. The van der Waals surface area contributed by atoms with Crippen LogP contribution in [0, 0.1) is 5.82 Å². The van der Waals surface area contributed by atoms with Gasteiger partial charge >= 0.3 is 0 Å². The molecule has 3 aliphatic rings. The summed E-state index contributed by atoms with van der Waals surface area (Å²) in [7, 11) is 0. The van der Waals surface area contributed by atoms with Gasteiger partial charge < -0.3 is 19.3 Å². The average molecular weight is 362 g/mol. The predicted octanol–water partition coefficient (Wildman–Crippen LogP) is 1.68. The fourth-order valence-corrected chi connectivity index (χ4v) is 4.04. The van der Waals surface area contributed by atoms with Crippen LogP contribution in [0.1, 0.15) is 31.2 Å².